The van der Waals surface area contributed by atoms with Crippen LogP contribution in [0.5, 0.6) is 11.5 Å². The van der Waals surface area contributed by atoms with Crippen molar-refractivity contribution < 1.29 is 9.47 Å². The van der Waals surface area contributed by atoms with Gasteiger partial charge in [-0.2, -0.15) is 0 Å². The number of nitrogens with zero attached hydrogens (tertiary/aromatic N) is 1. The molecule has 0 aliphatic carbocycles. The van der Waals surface area contributed by atoms with E-state index in [0.29, 0.717) is 6.61 Å². The van der Waals surface area contributed by atoms with Gasteiger partial charge in [-0.05, 0) is 35.9 Å². The fourth-order valence-electron chi connectivity index (χ4n) is 2.08. The van der Waals surface area contributed by atoms with Crippen molar-refractivity contribution in [1.82, 2.24) is 4.98 Å². The lowest BCUT2D eigenvalue weighted by Crippen LogP contribution is -1.96. The Labute approximate surface area is 117 Å². The summed E-state index contributed by atoms with van der Waals surface area (Å²) < 4.78 is 11.0. The van der Waals surface area contributed by atoms with Crippen LogP contribution < -0.4 is 9.47 Å². The van der Waals surface area contributed by atoms with Crippen LogP contribution in [0, 0.1) is 0 Å². The lowest BCUT2D eigenvalue weighted by atomic mass is 10.2. The standard InChI is InChI=1S/C17H15NO2/c1-19-14-8-6-13(7-9-14)12-20-17-10-11-18-16-5-3-2-4-15(16)17/h2-11H,12H2,1H3. The van der Waals surface area contributed by atoms with Gasteiger partial charge in [-0.1, -0.05) is 24.3 Å². The van der Waals surface area contributed by atoms with Gasteiger partial charge in [0.1, 0.15) is 18.1 Å². The van der Waals surface area contributed by atoms with Gasteiger partial charge in [-0.25, -0.2) is 0 Å². The fourth-order valence-corrected chi connectivity index (χ4v) is 2.08. The highest BCUT2D eigenvalue weighted by Gasteiger charge is 2.02. The van der Waals surface area contributed by atoms with Crippen molar-refractivity contribution in [2.24, 2.45) is 0 Å². The minimum Gasteiger partial charge on any atom is -0.497 e. The third-order valence-corrected chi connectivity index (χ3v) is 3.16. The number of ether oxygens (including phenoxy) is 2. The SMILES string of the molecule is COc1ccc(COc2ccnc3ccccc23)cc1. The van der Waals surface area contributed by atoms with Crippen LogP contribution in [0.1, 0.15) is 5.56 Å². The van der Waals surface area contributed by atoms with Crippen LogP contribution in [0.15, 0.2) is 60.8 Å². The number of benzene rings is 2. The number of aromatic nitrogens is 1. The monoisotopic (exact) mass is 265 g/mol. The van der Waals surface area contributed by atoms with E-state index >= 15 is 0 Å². The molecule has 20 heavy (non-hydrogen) atoms. The number of fused-ring (bicyclic) bond motifs is 1. The molecule has 0 unspecified atom stereocenters. The molecule has 0 atom stereocenters. The predicted octanol–water partition coefficient (Wildman–Crippen LogP) is 3.82. The summed E-state index contributed by atoms with van der Waals surface area (Å²) in [6, 6.07) is 17.7. The molecule has 0 fully saturated rings. The van der Waals surface area contributed by atoms with Crippen molar-refractivity contribution in [2.75, 3.05) is 7.11 Å². The van der Waals surface area contributed by atoms with Gasteiger partial charge in [0.05, 0.1) is 12.6 Å². The van der Waals surface area contributed by atoms with Crippen molar-refractivity contribution in [3.63, 3.8) is 0 Å². The van der Waals surface area contributed by atoms with E-state index in [2.05, 4.69) is 4.98 Å². The number of methoxy groups -OCH3 is 1. The molecule has 3 aromatic rings. The van der Waals surface area contributed by atoms with Crippen LogP contribution in [0.25, 0.3) is 10.9 Å². The Bertz CT molecular complexity index is 702. The summed E-state index contributed by atoms with van der Waals surface area (Å²) in [4.78, 5) is 4.32. The molecule has 0 amide bonds. The Morgan fingerprint density at radius 2 is 1.75 bits per heavy atom. The molecule has 3 nitrogen and oxygen atoms in total. The Morgan fingerprint density at radius 1 is 0.950 bits per heavy atom. The summed E-state index contributed by atoms with van der Waals surface area (Å²) in [6.07, 6.45) is 1.77. The summed E-state index contributed by atoms with van der Waals surface area (Å²) in [6.45, 7) is 0.526. The van der Waals surface area contributed by atoms with Gasteiger partial charge in [-0.3, -0.25) is 4.98 Å². The normalized spacial score (nSPS) is 10.4. The van der Waals surface area contributed by atoms with E-state index in [1.807, 2.05) is 54.6 Å². The Balaban J connectivity index is 1.79. The highest BCUT2D eigenvalue weighted by atomic mass is 16.5. The van der Waals surface area contributed by atoms with Gasteiger partial charge in [0.2, 0.25) is 0 Å². The van der Waals surface area contributed by atoms with Gasteiger partial charge in [-0.15, -0.1) is 0 Å². The Morgan fingerprint density at radius 3 is 2.55 bits per heavy atom. The molecular formula is C17H15NO2. The topological polar surface area (TPSA) is 31.4 Å². The van der Waals surface area contributed by atoms with Crippen LogP contribution in [-0.2, 0) is 6.61 Å². The molecule has 3 heteroatoms. The molecule has 0 spiro atoms. The van der Waals surface area contributed by atoms with E-state index in [-0.39, 0.29) is 0 Å². The molecule has 0 saturated carbocycles. The van der Waals surface area contributed by atoms with Crippen molar-refractivity contribution in [3.8, 4) is 11.5 Å². The summed E-state index contributed by atoms with van der Waals surface area (Å²) in [5.74, 6) is 1.70. The lowest BCUT2D eigenvalue weighted by molar-refractivity contribution is 0.309. The van der Waals surface area contributed by atoms with Crippen LogP contribution >= 0.6 is 0 Å². The maximum absolute atomic E-state index is 5.90. The number of pyridine rings is 1. The summed E-state index contributed by atoms with van der Waals surface area (Å²) in [7, 11) is 1.66. The maximum Gasteiger partial charge on any atom is 0.130 e. The first kappa shape index (κ1) is 12.5. The van der Waals surface area contributed by atoms with E-state index in [9.17, 15) is 0 Å². The summed E-state index contributed by atoms with van der Waals surface area (Å²) in [5, 5.41) is 1.03. The molecule has 0 saturated heterocycles. The Hall–Kier alpha value is -2.55. The van der Waals surface area contributed by atoms with Crippen molar-refractivity contribution in [2.45, 2.75) is 6.61 Å². The highest BCUT2D eigenvalue weighted by Crippen LogP contribution is 2.24. The van der Waals surface area contributed by atoms with Gasteiger partial charge in [0.15, 0.2) is 0 Å². The molecule has 0 radical (unpaired) electrons. The zero-order valence-corrected chi connectivity index (χ0v) is 11.2. The van der Waals surface area contributed by atoms with E-state index in [1.165, 1.54) is 0 Å². The number of hydrogen-bond donors (Lipinski definition) is 0. The van der Waals surface area contributed by atoms with E-state index in [1.54, 1.807) is 13.3 Å². The van der Waals surface area contributed by atoms with Crippen molar-refractivity contribution >= 4 is 10.9 Å². The Kier molecular flexibility index (Phi) is 3.50. The zero-order valence-electron chi connectivity index (χ0n) is 11.2. The van der Waals surface area contributed by atoms with Crippen LogP contribution in [0.3, 0.4) is 0 Å². The van der Waals surface area contributed by atoms with Crippen LogP contribution in [0.4, 0.5) is 0 Å². The van der Waals surface area contributed by atoms with E-state index in [4.69, 9.17) is 9.47 Å². The molecule has 0 aliphatic heterocycles. The third kappa shape index (κ3) is 2.57. The fraction of sp³-hybridized carbons (Fsp3) is 0.118. The number of para-hydroxylation sites is 1. The smallest absolute Gasteiger partial charge is 0.130 e. The van der Waals surface area contributed by atoms with E-state index < -0.39 is 0 Å². The predicted molar refractivity (Wildman–Crippen MR) is 79.1 cm³/mol. The van der Waals surface area contributed by atoms with Crippen molar-refractivity contribution in [1.29, 1.82) is 0 Å². The zero-order chi connectivity index (χ0) is 13.8. The average molecular weight is 265 g/mol. The number of rotatable bonds is 4. The van der Waals surface area contributed by atoms with Crippen LogP contribution in [0.2, 0.25) is 0 Å². The minimum absolute atomic E-state index is 0.526. The first-order valence-electron chi connectivity index (χ1n) is 6.46. The molecular weight excluding hydrogens is 250 g/mol. The molecule has 0 aliphatic rings. The lowest BCUT2D eigenvalue weighted by Gasteiger charge is -2.09. The minimum atomic E-state index is 0.526. The molecule has 2 aromatic carbocycles. The number of hydrogen-bond acceptors (Lipinski definition) is 3. The highest BCUT2D eigenvalue weighted by molar-refractivity contribution is 5.84. The van der Waals surface area contributed by atoms with Crippen molar-refractivity contribution in [3.05, 3.63) is 66.4 Å². The van der Waals surface area contributed by atoms with Crippen LogP contribution in [-0.4, -0.2) is 12.1 Å². The molecule has 100 valence electrons. The largest absolute Gasteiger partial charge is 0.497 e. The maximum atomic E-state index is 5.90. The summed E-state index contributed by atoms with van der Waals surface area (Å²) >= 11 is 0. The molecule has 3 rings (SSSR count). The van der Waals surface area contributed by atoms with Gasteiger partial charge in [0.25, 0.3) is 0 Å². The second-order valence-electron chi connectivity index (χ2n) is 4.46. The van der Waals surface area contributed by atoms with E-state index in [0.717, 1.165) is 28.0 Å². The second kappa shape index (κ2) is 5.61. The molecule has 0 N–H and O–H groups in total. The second-order valence-corrected chi connectivity index (χ2v) is 4.46. The van der Waals surface area contributed by atoms with Gasteiger partial charge in [0, 0.05) is 11.6 Å². The average Bonchev–Trinajstić information content (AvgIpc) is 2.53. The first-order chi connectivity index (χ1) is 9.86. The summed E-state index contributed by atoms with van der Waals surface area (Å²) in [5.41, 5.74) is 2.05. The molecule has 1 heterocycles. The quantitative estimate of drug-likeness (QED) is 0.718. The molecule has 0 bridgehead atoms. The first-order valence-corrected chi connectivity index (χ1v) is 6.46. The molecule has 1 aromatic heterocycles. The van der Waals surface area contributed by atoms with Gasteiger partial charge >= 0.3 is 0 Å². The third-order valence-electron chi connectivity index (χ3n) is 3.16. The van der Waals surface area contributed by atoms with Gasteiger partial charge < -0.3 is 9.47 Å².